The fourth-order valence-corrected chi connectivity index (χ4v) is 8.18. The number of esters is 2. The molecule has 396 valence electrons. The Morgan fingerprint density at radius 3 is 1.43 bits per heavy atom. The van der Waals surface area contributed by atoms with E-state index in [-0.39, 0.29) is 19.4 Å². The Bertz CT molecular complexity index is 1330. The molecule has 2 aliphatic heterocycles. The van der Waals surface area contributed by atoms with Crippen molar-refractivity contribution in [2.24, 2.45) is 0 Å². The van der Waals surface area contributed by atoms with Gasteiger partial charge in [0.2, 0.25) is 0 Å². The summed E-state index contributed by atoms with van der Waals surface area (Å²) in [6, 6.07) is 0. The van der Waals surface area contributed by atoms with E-state index in [1.807, 2.05) is 0 Å². The van der Waals surface area contributed by atoms with E-state index in [9.17, 15) is 45.3 Å². The summed E-state index contributed by atoms with van der Waals surface area (Å²) >= 11 is 0. The van der Waals surface area contributed by atoms with Crippen molar-refractivity contribution in [2.75, 3.05) is 26.4 Å². The van der Waals surface area contributed by atoms with Gasteiger partial charge in [0, 0.05) is 12.8 Å². The molecule has 15 heteroatoms. The molecule has 2 saturated heterocycles. The van der Waals surface area contributed by atoms with Crippen LogP contribution in [0.4, 0.5) is 0 Å². The molecule has 2 heterocycles. The highest BCUT2D eigenvalue weighted by Crippen LogP contribution is 2.26. The van der Waals surface area contributed by atoms with Gasteiger partial charge in [0.25, 0.3) is 0 Å². The molecule has 2 rings (SSSR count). The molecule has 0 saturated carbocycles. The largest absolute Gasteiger partial charge is 0.462 e. The van der Waals surface area contributed by atoms with E-state index in [4.69, 9.17) is 28.4 Å². The topological polar surface area (TPSA) is 231 Å². The summed E-state index contributed by atoms with van der Waals surface area (Å²) in [6.07, 6.45) is 26.0. The van der Waals surface area contributed by atoms with Gasteiger partial charge in [-0.25, -0.2) is 0 Å². The molecule has 0 amide bonds. The number of hydrogen-bond acceptors (Lipinski definition) is 15. The predicted molar refractivity (Wildman–Crippen MR) is 261 cm³/mol. The molecule has 11 atom stereocenters. The van der Waals surface area contributed by atoms with Crippen LogP contribution in [0.25, 0.3) is 0 Å². The molecule has 2 aliphatic rings. The molecule has 0 radical (unpaired) electrons. The van der Waals surface area contributed by atoms with Crippen LogP contribution < -0.4 is 0 Å². The zero-order valence-corrected chi connectivity index (χ0v) is 41.8. The Morgan fingerprint density at radius 1 is 0.471 bits per heavy atom. The second-order valence-corrected chi connectivity index (χ2v) is 18.7. The highest BCUT2D eigenvalue weighted by Gasteiger charge is 2.47. The molecule has 7 N–H and O–H groups in total. The van der Waals surface area contributed by atoms with E-state index in [1.165, 1.54) is 109 Å². The Balaban J connectivity index is 1.81. The SMILES string of the molecule is CCCCCC/C=C/CCCCCCCCCCCC(=O)OC[C@@H](CO[C@@H]1O[C@H](CO[C@@H]2O[C@H](CO)[C@H](O)C(O)C2O)[C@H](O)C(O)C1O)OC(=O)CCCC/C=C/C/C=C/CCCCCCCC. The van der Waals surface area contributed by atoms with Crippen molar-refractivity contribution in [2.45, 2.75) is 261 Å². The van der Waals surface area contributed by atoms with E-state index < -0.39 is 99.3 Å². The molecule has 0 bridgehead atoms. The number of allylic oxidation sites excluding steroid dienone is 6. The van der Waals surface area contributed by atoms with Crippen LogP contribution in [0.5, 0.6) is 0 Å². The number of hydrogen-bond donors (Lipinski definition) is 7. The summed E-state index contributed by atoms with van der Waals surface area (Å²) in [7, 11) is 0. The molecule has 4 unspecified atom stereocenters. The highest BCUT2D eigenvalue weighted by atomic mass is 16.7. The second-order valence-electron chi connectivity index (χ2n) is 18.7. The molecule has 15 nitrogen and oxygen atoms in total. The Labute approximate surface area is 408 Å². The highest BCUT2D eigenvalue weighted by molar-refractivity contribution is 5.70. The second kappa shape index (κ2) is 40.3. The summed E-state index contributed by atoms with van der Waals surface area (Å²) in [4.78, 5) is 25.8. The fraction of sp³-hybridized carbons (Fsp3) is 0.849. The third kappa shape index (κ3) is 27.9. The lowest BCUT2D eigenvalue weighted by atomic mass is 9.98. The average molecular weight is 971 g/mol. The lowest BCUT2D eigenvalue weighted by Crippen LogP contribution is -2.61. The number of aliphatic hydroxyl groups is 7. The minimum absolute atomic E-state index is 0.123. The van der Waals surface area contributed by atoms with Gasteiger partial charge < -0.3 is 64.2 Å². The van der Waals surface area contributed by atoms with Crippen molar-refractivity contribution in [1.82, 2.24) is 0 Å². The zero-order chi connectivity index (χ0) is 49.6. The summed E-state index contributed by atoms with van der Waals surface area (Å²) < 4.78 is 33.6. The summed E-state index contributed by atoms with van der Waals surface area (Å²) in [5.74, 6) is -0.962. The average Bonchev–Trinajstić information content (AvgIpc) is 3.33. The maximum Gasteiger partial charge on any atom is 0.306 e. The van der Waals surface area contributed by atoms with E-state index in [2.05, 4.69) is 50.3 Å². The van der Waals surface area contributed by atoms with Crippen molar-refractivity contribution in [3.8, 4) is 0 Å². The number of ether oxygens (including phenoxy) is 6. The van der Waals surface area contributed by atoms with Gasteiger partial charge in [-0.15, -0.1) is 0 Å². The number of carbonyl (C=O) groups is 2. The summed E-state index contributed by atoms with van der Waals surface area (Å²) in [5.41, 5.74) is 0. The van der Waals surface area contributed by atoms with Gasteiger partial charge in [0.15, 0.2) is 18.7 Å². The maximum absolute atomic E-state index is 13.0. The van der Waals surface area contributed by atoms with Crippen LogP contribution in [0.1, 0.15) is 194 Å². The van der Waals surface area contributed by atoms with Gasteiger partial charge in [-0.1, -0.05) is 147 Å². The van der Waals surface area contributed by atoms with Gasteiger partial charge in [-0.3, -0.25) is 9.59 Å². The molecule has 2 fully saturated rings. The molecule has 0 spiro atoms. The Kier molecular flexibility index (Phi) is 36.7. The van der Waals surface area contributed by atoms with E-state index in [1.54, 1.807) is 0 Å². The molecular formula is C53H94O15. The standard InChI is InChI=1S/C53H94O15/c1-3-5-7-9-11-13-15-17-19-20-22-23-25-27-29-31-33-35-44(55)63-38-41(66-45(56)36-34-32-30-28-26-24-21-18-16-14-12-10-8-6-4-2)39-64-52-51(62)49(60)47(58)43(68-52)40-65-53-50(61)48(59)46(57)42(37-54)67-53/h13,15,18,21,26,28,41-43,46-54,57-62H,3-12,14,16-17,19-20,22-25,27,29-40H2,1-2H3/b15-13+,21-18+,28-26+/t41-,42+,43+,46-,47-,48?,49?,50?,51?,52+,53+/m0/s1. The molecule has 0 aromatic carbocycles. The Morgan fingerprint density at radius 2 is 0.882 bits per heavy atom. The van der Waals surface area contributed by atoms with Crippen LogP contribution in [0, 0.1) is 0 Å². The molecule has 0 aliphatic carbocycles. The van der Waals surface area contributed by atoms with Crippen LogP contribution in [0.2, 0.25) is 0 Å². The Hall–Kier alpha value is -2.28. The third-order valence-corrected chi connectivity index (χ3v) is 12.6. The first-order valence-corrected chi connectivity index (χ1v) is 26.6. The maximum atomic E-state index is 13.0. The van der Waals surface area contributed by atoms with Crippen molar-refractivity contribution in [3.63, 3.8) is 0 Å². The van der Waals surface area contributed by atoms with E-state index >= 15 is 0 Å². The summed E-state index contributed by atoms with van der Waals surface area (Å²) in [6.45, 7) is 2.54. The fourth-order valence-electron chi connectivity index (χ4n) is 8.18. The first kappa shape index (κ1) is 61.8. The summed E-state index contributed by atoms with van der Waals surface area (Å²) in [5, 5.41) is 72.1. The van der Waals surface area contributed by atoms with Crippen molar-refractivity contribution in [1.29, 1.82) is 0 Å². The normalized spacial score (nSPS) is 26.0. The van der Waals surface area contributed by atoms with E-state index in [0.717, 1.165) is 44.9 Å². The first-order chi connectivity index (χ1) is 33.0. The minimum atomic E-state index is -1.77. The number of aliphatic hydroxyl groups excluding tert-OH is 7. The van der Waals surface area contributed by atoms with E-state index in [0.29, 0.717) is 12.8 Å². The van der Waals surface area contributed by atoms with Crippen molar-refractivity contribution >= 4 is 11.9 Å². The van der Waals surface area contributed by atoms with Gasteiger partial charge >= 0.3 is 11.9 Å². The first-order valence-electron chi connectivity index (χ1n) is 26.6. The van der Waals surface area contributed by atoms with Gasteiger partial charge in [0.1, 0.15) is 55.4 Å². The quantitative estimate of drug-likeness (QED) is 0.0177. The number of rotatable bonds is 41. The number of unbranched alkanes of at least 4 members (excludes halogenated alkanes) is 21. The monoisotopic (exact) mass is 971 g/mol. The van der Waals surface area contributed by atoms with Crippen LogP contribution in [0.15, 0.2) is 36.5 Å². The lowest BCUT2D eigenvalue weighted by molar-refractivity contribution is -0.332. The number of carbonyl (C=O) groups excluding carboxylic acids is 2. The molecule has 68 heavy (non-hydrogen) atoms. The van der Waals surface area contributed by atoms with Gasteiger partial charge in [-0.2, -0.15) is 0 Å². The third-order valence-electron chi connectivity index (χ3n) is 12.6. The van der Waals surface area contributed by atoms with Crippen LogP contribution in [-0.2, 0) is 38.0 Å². The van der Waals surface area contributed by atoms with Crippen LogP contribution in [0.3, 0.4) is 0 Å². The van der Waals surface area contributed by atoms with Crippen molar-refractivity contribution < 1.29 is 73.8 Å². The van der Waals surface area contributed by atoms with Crippen LogP contribution >= 0.6 is 0 Å². The molecular weight excluding hydrogens is 877 g/mol. The zero-order valence-electron chi connectivity index (χ0n) is 41.8. The van der Waals surface area contributed by atoms with Crippen LogP contribution in [-0.4, -0.2) is 142 Å². The van der Waals surface area contributed by atoms with Gasteiger partial charge in [0.05, 0.1) is 19.8 Å². The smallest absolute Gasteiger partial charge is 0.306 e. The van der Waals surface area contributed by atoms with Crippen molar-refractivity contribution in [3.05, 3.63) is 36.5 Å². The minimum Gasteiger partial charge on any atom is -0.462 e. The lowest BCUT2D eigenvalue weighted by Gasteiger charge is -2.42. The molecule has 0 aromatic rings. The molecule has 0 aromatic heterocycles. The van der Waals surface area contributed by atoms with Gasteiger partial charge in [-0.05, 0) is 70.6 Å². The predicted octanol–water partition coefficient (Wildman–Crippen LogP) is 7.71.